The average molecular weight is 211 g/mol. The molecule has 1 saturated heterocycles. The first kappa shape index (κ1) is 10.9. The predicted octanol–water partition coefficient (Wildman–Crippen LogP) is -0.00330. The molecule has 86 valence electrons. The second-order valence-corrected chi connectivity index (χ2v) is 4.55. The van der Waals surface area contributed by atoms with Crippen LogP contribution in [-0.4, -0.2) is 37.6 Å². The molecule has 1 heterocycles. The summed E-state index contributed by atoms with van der Waals surface area (Å²) in [4.78, 5) is 11.9. The molecular formula is C11H21N3O. The summed E-state index contributed by atoms with van der Waals surface area (Å²) in [6.07, 6.45) is 6.18. The van der Waals surface area contributed by atoms with Crippen LogP contribution in [0.3, 0.4) is 0 Å². The predicted molar refractivity (Wildman–Crippen MR) is 59.7 cm³/mol. The maximum atomic E-state index is 11.9. The summed E-state index contributed by atoms with van der Waals surface area (Å²) >= 11 is 0. The van der Waals surface area contributed by atoms with Crippen molar-refractivity contribution in [2.75, 3.05) is 19.6 Å². The van der Waals surface area contributed by atoms with E-state index >= 15 is 0 Å². The summed E-state index contributed by atoms with van der Waals surface area (Å²) in [5.41, 5.74) is 0. The lowest BCUT2D eigenvalue weighted by Gasteiger charge is -2.28. The lowest BCUT2D eigenvalue weighted by Crippen LogP contribution is -2.57. The molecule has 4 nitrogen and oxygen atoms in total. The topological polar surface area (TPSA) is 53.2 Å². The van der Waals surface area contributed by atoms with E-state index in [1.807, 2.05) is 0 Å². The third-order valence-electron chi connectivity index (χ3n) is 3.31. The summed E-state index contributed by atoms with van der Waals surface area (Å²) in [6.45, 7) is 2.62. The Balaban J connectivity index is 1.74. The Morgan fingerprint density at radius 3 is 2.60 bits per heavy atom. The fraction of sp³-hybridized carbons (Fsp3) is 0.909. The van der Waals surface area contributed by atoms with Gasteiger partial charge in [-0.3, -0.25) is 4.79 Å². The highest BCUT2D eigenvalue weighted by atomic mass is 16.2. The number of hydrogen-bond acceptors (Lipinski definition) is 3. The van der Waals surface area contributed by atoms with E-state index in [0.717, 1.165) is 32.5 Å². The average Bonchev–Trinajstić information content (AvgIpc) is 2.31. The Kier molecular flexibility index (Phi) is 3.97. The van der Waals surface area contributed by atoms with Gasteiger partial charge >= 0.3 is 0 Å². The summed E-state index contributed by atoms with van der Waals surface area (Å²) in [5, 5.41) is 9.61. The molecule has 1 saturated carbocycles. The van der Waals surface area contributed by atoms with Gasteiger partial charge in [-0.2, -0.15) is 0 Å². The lowest BCUT2D eigenvalue weighted by molar-refractivity contribution is -0.124. The monoisotopic (exact) mass is 211 g/mol. The minimum absolute atomic E-state index is 0.0272. The van der Waals surface area contributed by atoms with Crippen molar-refractivity contribution in [2.24, 2.45) is 0 Å². The van der Waals surface area contributed by atoms with E-state index in [1.165, 1.54) is 19.3 Å². The van der Waals surface area contributed by atoms with Gasteiger partial charge in [-0.15, -0.1) is 0 Å². The number of amides is 1. The van der Waals surface area contributed by atoms with Crippen LogP contribution in [0, 0.1) is 0 Å². The Labute approximate surface area is 91.2 Å². The van der Waals surface area contributed by atoms with Crippen molar-refractivity contribution in [3.05, 3.63) is 0 Å². The normalized spacial score (nSPS) is 28.7. The van der Waals surface area contributed by atoms with Gasteiger partial charge in [-0.1, -0.05) is 19.3 Å². The van der Waals surface area contributed by atoms with Gasteiger partial charge in [0.25, 0.3) is 0 Å². The van der Waals surface area contributed by atoms with Crippen molar-refractivity contribution in [3.8, 4) is 0 Å². The van der Waals surface area contributed by atoms with Crippen molar-refractivity contribution >= 4 is 5.91 Å². The number of nitrogens with one attached hydrogen (secondary N) is 3. The summed E-state index contributed by atoms with van der Waals surface area (Å²) < 4.78 is 0. The molecule has 1 aliphatic heterocycles. The van der Waals surface area contributed by atoms with Gasteiger partial charge in [-0.05, 0) is 12.8 Å². The van der Waals surface area contributed by atoms with Crippen LogP contribution in [0.4, 0.5) is 0 Å². The molecule has 0 spiro atoms. The van der Waals surface area contributed by atoms with E-state index in [-0.39, 0.29) is 11.9 Å². The lowest BCUT2D eigenvalue weighted by atomic mass is 9.95. The van der Waals surface area contributed by atoms with Crippen LogP contribution < -0.4 is 16.0 Å². The van der Waals surface area contributed by atoms with Crippen molar-refractivity contribution in [1.82, 2.24) is 16.0 Å². The maximum Gasteiger partial charge on any atom is 0.238 e. The molecule has 0 radical (unpaired) electrons. The Morgan fingerprint density at radius 1 is 1.13 bits per heavy atom. The number of carbonyl (C=O) groups is 1. The zero-order chi connectivity index (χ0) is 10.5. The first-order valence-electron chi connectivity index (χ1n) is 6.11. The standard InChI is InChI=1S/C11H21N3O/c15-11(10-8-12-6-7-13-10)14-9-4-2-1-3-5-9/h9-10,12-13H,1-8H2,(H,14,15). The zero-order valence-electron chi connectivity index (χ0n) is 9.22. The fourth-order valence-electron chi connectivity index (χ4n) is 2.39. The molecule has 0 aromatic carbocycles. The highest BCUT2D eigenvalue weighted by Gasteiger charge is 2.23. The van der Waals surface area contributed by atoms with Crippen molar-refractivity contribution in [1.29, 1.82) is 0 Å². The molecular weight excluding hydrogens is 190 g/mol. The van der Waals surface area contributed by atoms with Crippen molar-refractivity contribution < 1.29 is 4.79 Å². The molecule has 0 aromatic heterocycles. The third-order valence-corrected chi connectivity index (χ3v) is 3.31. The number of hydrogen-bond donors (Lipinski definition) is 3. The molecule has 15 heavy (non-hydrogen) atoms. The Morgan fingerprint density at radius 2 is 1.93 bits per heavy atom. The van der Waals surface area contributed by atoms with Gasteiger partial charge < -0.3 is 16.0 Å². The fourth-order valence-corrected chi connectivity index (χ4v) is 2.39. The molecule has 2 aliphatic rings. The van der Waals surface area contributed by atoms with Gasteiger partial charge in [0.05, 0.1) is 6.04 Å². The quantitative estimate of drug-likeness (QED) is 0.602. The minimum atomic E-state index is -0.0272. The van der Waals surface area contributed by atoms with E-state index in [2.05, 4.69) is 16.0 Å². The largest absolute Gasteiger partial charge is 0.352 e. The van der Waals surface area contributed by atoms with Crippen LogP contribution >= 0.6 is 0 Å². The molecule has 1 aliphatic carbocycles. The molecule has 3 N–H and O–H groups in total. The first-order chi connectivity index (χ1) is 7.36. The van der Waals surface area contributed by atoms with E-state index in [9.17, 15) is 4.79 Å². The highest BCUT2D eigenvalue weighted by molar-refractivity contribution is 5.82. The van der Waals surface area contributed by atoms with Crippen molar-refractivity contribution in [3.63, 3.8) is 0 Å². The van der Waals surface area contributed by atoms with Crippen LogP contribution in [0.1, 0.15) is 32.1 Å². The highest BCUT2D eigenvalue weighted by Crippen LogP contribution is 2.17. The molecule has 1 unspecified atom stereocenters. The third kappa shape index (κ3) is 3.18. The molecule has 4 heteroatoms. The van der Waals surface area contributed by atoms with Crippen LogP contribution in [0.25, 0.3) is 0 Å². The van der Waals surface area contributed by atoms with E-state index in [4.69, 9.17) is 0 Å². The molecule has 2 fully saturated rings. The van der Waals surface area contributed by atoms with Crippen LogP contribution in [0.15, 0.2) is 0 Å². The van der Waals surface area contributed by atoms with Crippen LogP contribution in [-0.2, 0) is 4.79 Å². The Bertz CT molecular complexity index is 208. The maximum absolute atomic E-state index is 11.9. The number of carbonyl (C=O) groups excluding carboxylic acids is 1. The van der Waals surface area contributed by atoms with Gasteiger partial charge in [0.2, 0.25) is 5.91 Å². The Hall–Kier alpha value is -0.610. The second-order valence-electron chi connectivity index (χ2n) is 4.55. The summed E-state index contributed by atoms with van der Waals surface area (Å²) in [5.74, 6) is 0.175. The van der Waals surface area contributed by atoms with Gasteiger partial charge in [0.15, 0.2) is 0 Å². The number of rotatable bonds is 2. The van der Waals surface area contributed by atoms with Crippen molar-refractivity contribution in [2.45, 2.75) is 44.2 Å². The van der Waals surface area contributed by atoms with Gasteiger partial charge in [0.1, 0.15) is 0 Å². The van der Waals surface area contributed by atoms with E-state index < -0.39 is 0 Å². The molecule has 2 rings (SSSR count). The molecule has 0 bridgehead atoms. The number of piperazine rings is 1. The summed E-state index contributed by atoms with van der Waals surface area (Å²) in [6, 6.07) is 0.399. The first-order valence-corrected chi connectivity index (χ1v) is 6.11. The van der Waals surface area contributed by atoms with Crippen LogP contribution in [0.5, 0.6) is 0 Å². The molecule has 1 atom stereocenters. The van der Waals surface area contributed by atoms with Gasteiger partial charge in [0, 0.05) is 25.7 Å². The zero-order valence-corrected chi connectivity index (χ0v) is 9.22. The van der Waals surface area contributed by atoms with Gasteiger partial charge in [-0.25, -0.2) is 0 Å². The SMILES string of the molecule is O=C(NC1CCCCC1)C1CNCCN1. The minimum Gasteiger partial charge on any atom is -0.352 e. The smallest absolute Gasteiger partial charge is 0.238 e. The second kappa shape index (κ2) is 5.47. The molecule has 1 amide bonds. The van der Waals surface area contributed by atoms with Crippen LogP contribution in [0.2, 0.25) is 0 Å². The van der Waals surface area contributed by atoms with E-state index in [1.54, 1.807) is 0 Å². The summed E-state index contributed by atoms with van der Waals surface area (Å²) in [7, 11) is 0. The molecule has 0 aromatic rings. The van der Waals surface area contributed by atoms with E-state index in [0.29, 0.717) is 6.04 Å².